The minimum absolute atomic E-state index is 0.0815. The van der Waals surface area contributed by atoms with Crippen molar-refractivity contribution in [1.29, 1.82) is 0 Å². The lowest BCUT2D eigenvalue weighted by atomic mass is 9.96. The number of nitrogens with one attached hydrogen (secondary N) is 5. The van der Waals surface area contributed by atoms with Crippen molar-refractivity contribution in [1.82, 2.24) is 26.6 Å². The summed E-state index contributed by atoms with van der Waals surface area (Å²) in [6.07, 6.45) is 6.46. The number of allylic oxidation sites excluding steroid dienone is 2. The van der Waals surface area contributed by atoms with Crippen LogP contribution in [0.1, 0.15) is 37.0 Å². The van der Waals surface area contributed by atoms with Gasteiger partial charge in [0.05, 0.1) is 42.6 Å². The lowest BCUT2D eigenvalue weighted by Gasteiger charge is -2.29. The Morgan fingerprint density at radius 2 is 1.47 bits per heavy atom. The third-order valence-electron chi connectivity index (χ3n) is 9.59. The topological polar surface area (TPSA) is 173 Å². The fourth-order valence-electron chi connectivity index (χ4n) is 6.69. The molecule has 1 aliphatic carbocycles. The highest BCUT2D eigenvalue weighted by Gasteiger charge is 2.49. The largest absolute Gasteiger partial charge is 0.390 e. The van der Waals surface area contributed by atoms with Gasteiger partial charge in [-0.2, -0.15) is 0 Å². The first-order valence-corrected chi connectivity index (χ1v) is 19.3. The maximum absolute atomic E-state index is 14.2. The maximum Gasteiger partial charge on any atom is 0.245 e. The van der Waals surface area contributed by atoms with E-state index >= 15 is 0 Å². The Bertz CT molecular complexity index is 1950. The number of aliphatic imine (C=N–C) groups is 2. The summed E-state index contributed by atoms with van der Waals surface area (Å²) < 4.78 is -0.735. The third-order valence-corrected chi connectivity index (χ3v) is 11.1. The quantitative estimate of drug-likeness (QED) is 0.130. The first-order chi connectivity index (χ1) is 26.5. The van der Waals surface area contributed by atoms with Gasteiger partial charge in [0.15, 0.2) is 0 Å². The smallest absolute Gasteiger partial charge is 0.245 e. The molecule has 1 fully saturated rings. The molecule has 0 saturated carbocycles. The number of rotatable bonds is 16. The summed E-state index contributed by atoms with van der Waals surface area (Å²) in [5.41, 5.74) is 3.39. The molecule has 286 valence electrons. The molecule has 3 aliphatic rings. The molecule has 13 heteroatoms. The summed E-state index contributed by atoms with van der Waals surface area (Å²) >= 11 is 1.38. The number of benzene rings is 3. The molecule has 6 atom stereocenters. The van der Waals surface area contributed by atoms with Crippen LogP contribution in [0, 0.1) is 0 Å². The lowest BCUT2D eigenvalue weighted by Crippen LogP contribution is -2.59. The summed E-state index contributed by atoms with van der Waals surface area (Å²) in [6, 6.07) is 25.4. The maximum atomic E-state index is 14.2. The Balaban J connectivity index is 1.13. The van der Waals surface area contributed by atoms with E-state index in [9.17, 15) is 24.3 Å². The van der Waals surface area contributed by atoms with Crippen LogP contribution in [-0.4, -0.2) is 87.2 Å². The van der Waals surface area contributed by atoms with Crippen LogP contribution in [0.5, 0.6) is 0 Å². The van der Waals surface area contributed by atoms with Crippen molar-refractivity contribution in [3.05, 3.63) is 132 Å². The van der Waals surface area contributed by atoms with Gasteiger partial charge >= 0.3 is 0 Å². The second kappa shape index (κ2) is 18.3. The zero-order valence-corrected chi connectivity index (χ0v) is 31.7. The van der Waals surface area contributed by atoms with Crippen molar-refractivity contribution < 1.29 is 24.3 Å². The normalized spacial score (nSPS) is 21.0. The molecule has 0 aromatic heterocycles. The van der Waals surface area contributed by atoms with E-state index in [0.29, 0.717) is 5.84 Å². The molecule has 3 aromatic rings. The molecule has 2 heterocycles. The SMILES string of the molecule is CC1(C)SC(C(NC(=O)Cc2ccccc2)C(=O)NCc2ccccc2)NC1C(=O)NC(Cc1ccccc1)C(O)CC(=O)NCC1=NC2C=CC=CC2=N1. The zero-order chi connectivity index (χ0) is 38.8. The molecule has 0 radical (unpaired) electrons. The Morgan fingerprint density at radius 3 is 2.15 bits per heavy atom. The molecule has 55 heavy (non-hydrogen) atoms. The predicted octanol–water partition coefficient (Wildman–Crippen LogP) is 2.78. The molecule has 1 saturated heterocycles. The molecule has 6 rings (SSSR count). The number of thioether (sulfide) groups is 1. The number of amides is 4. The van der Waals surface area contributed by atoms with Crippen LogP contribution in [-0.2, 0) is 38.6 Å². The average molecular weight is 762 g/mol. The lowest BCUT2D eigenvalue weighted by molar-refractivity contribution is -0.129. The van der Waals surface area contributed by atoms with E-state index in [1.54, 1.807) is 0 Å². The molecular weight excluding hydrogens is 715 g/mol. The van der Waals surface area contributed by atoms with Gasteiger partial charge in [0.2, 0.25) is 23.6 Å². The Kier molecular flexibility index (Phi) is 13.1. The molecule has 6 N–H and O–H groups in total. The van der Waals surface area contributed by atoms with Gasteiger partial charge in [-0.3, -0.25) is 29.5 Å². The van der Waals surface area contributed by atoms with Crippen LogP contribution in [0.25, 0.3) is 0 Å². The van der Waals surface area contributed by atoms with Crippen LogP contribution >= 0.6 is 11.8 Å². The summed E-state index contributed by atoms with van der Waals surface area (Å²) in [6.45, 7) is 4.17. The minimum atomic E-state index is -1.23. The van der Waals surface area contributed by atoms with Gasteiger partial charge in [0.1, 0.15) is 24.0 Å². The second-order valence-electron chi connectivity index (χ2n) is 14.3. The highest BCUT2D eigenvalue weighted by atomic mass is 32.2. The van der Waals surface area contributed by atoms with Crippen molar-refractivity contribution in [3.8, 4) is 0 Å². The van der Waals surface area contributed by atoms with E-state index in [2.05, 4.69) is 36.6 Å². The van der Waals surface area contributed by atoms with Crippen LogP contribution in [0.2, 0.25) is 0 Å². The highest BCUT2D eigenvalue weighted by molar-refractivity contribution is 8.01. The highest BCUT2D eigenvalue weighted by Crippen LogP contribution is 2.39. The van der Waals surface area contributed by atoms with Gasteiger partial charge < -0.3 is 26.4 Å². The van der Waals surface area contributed by atoms with Crippen molar-refractivity contribution in [2.45, 2.75) is 80.0 Å². The van der Waals surface area contributed by atoms with E-state index in [4.69, 9.17) is 0 Å². The summed E-state index contributed by atoms with van der Waals surface area (Å²) in [5.74, 6) is -1.04. The average Bonchev–Trinajstić information content (AvgIpc) is 3.75. The number of aliphatic hydroxyl groups excluding tert-OH is 1. The Labute approximate surface area is 325 Å². The van der Waals surface area contributed by atoms with Crippen molar-refractivity contribution in [3.63, 3.8) is 0 Å². The van der Waals surface area contributed by atoms with Crippen molar-refractivity contribution >= 4 is 46.9 Å². The van der Waals surface area contributed by atoms with E-state index in [0.717, 1.165) is 22.4 Å². The predicted molar refractivity (Wildman–Crippen MR) is 215 cm³/mol. The van der Waals surface area contributed by atoms with E-state index < -0.39 is 52.1 Å². The summed E-state index contributed by atoms with van der Waals surface area (Å²) in [4.78, 5) is 63.3. The zero-order valence-electron chi connectivity index (χ0n) is 30.9. The molecule has 0 bridgehead atoms. The summed E-state index contributed by atoms with van der Waals surface area (Å²) in [5, 5.41) is 25.8. The molecule has 6 unspecified atom stereocenters. The standard InChI is InChI=1S/C42H47N7O5S/c1-42(2)38(49-41(55-42)37(39(53)44-25-29-18-10-5-11-19-29)48-36(52)23-28-16-8-4-9-17-28)40(54)47-32(22-27-14-6-3-7-15-27)33(50)24-35(51)43-26-34-45-30-20-12-13-21-31(30)46-34/h3-21,30,32-33,37-38,41,49-50H,22-26H2,1-2H3,(H,43,51)(H,44,53)(H,47,54)(H,48,52). The molecule has 12 nitrogen and oxygen atoms in total. The molecule has 3 aromatic carbocycles. The number of fused-ring (bicyclic) bond motifs is 1. The van der Waals surface area contributed by atoms with Crippen LogP contribution < -0.4 is 26.6 Å². The first-order valence-electron chi connectivity index (χ1n) is 18.4. The van der Waals surface area contributed by atoms with Gasteiger partial charge in [-0.1, -0.05) is 109 Å². The van der Waals surface area contributed by atoms with Crippen molar-refractivity contribution in [2.24, 2.45) is 9.98 Å². The first kappa shape index (κ1) is 39.3. The minimum Gasteiger partial charge on any atom is -0.390 e. The number of amidine groups is 1. The van der Waals surface area contributed by atoms with Crippen LogP contribution in [0.15, 0.2) is 125 Å². The Morgan fingerprint density at radius 1 is 0.818 bits per heavy atom. The number of carbonyl (C=O) groups excluding carboxylic acids is 4. The van der Waals surface area contributed by atoms with Gasteiger partial charge in [-0.25, -0.2) is 4.99 Å². The monoisotopic (exact) mass is 761 g/mol. The van der Waals surface area contributed by atoms with Gasteiger partial charge in [0, 0.05) is 11.3 Å². The van der Waals surface area contributed by atoms with E-state index in [1.807, 2.05) is 129 Å². The number of carbonyl (C=O) groups is 4. The van der Waals surface area contributed by atoms with Gasteiger partial charge in [-0.15, -0.1) is 11.8 Å². The molecular formula is C42H47N7O5S. The van der Waals surface area contributed by atoms with Gasteiger partial charge in [-0.05, 0) is 43.0 Å². The fraction of sp³-hybridized carbons (Fsp3) is 0.333. The molecule has 4 amide bonds. The van der Waals surface area contributed by atoms with E-state index in [-0.39, 0.29) is 44.3 Å². The van der Waals surface area contributed by atoms with Gasteiger partial charge in [0.25, 0.3) is 0 Å². The number of aliphatic hydroxyl groups is 1. The molecule has 2 aliphatic heterocycles. The number of nitrogens with zero attached hydrogens (tertiary/aromatic N) is 2. The summed E-state index contributed by atoms with van der Waals surface area (Å²) in [7, 11) is 0. The fourth-order valence-corrected chi connectivity index (χ4v) is 8.18. The van der Waals surface area contributed by atoms with Crippen LogP contribution in [0.4, 0.5) is 0 Å². The number of hydrogen-bond acceptors (Lipinski definition) is 9. The Hall–Kier alpha value is -5.37. The number of hydrogen-bond donors (Lipinski definition) is 6. The molecule has 0 spiro atoms. The van der Waals surface area contributed by atoms with E-state index in [1.165, 1.54) is 11.8 Å². The van der Waals surface area contributed by atoms with Crippen molar-refractivity contribution in [2.75, 3.05) is 6.54 Å². The second-order valence-corrected chi connectivity index (χ2v) is 16.1. The van der Waals surface area contributed by atoms with Crippen LogP contribution in [0.3, 0.4) is 0 Å². The third kappa shape index (κ3) is 10.9.